The molecule has 0 bridgehead atoms. The van der Waals surface area contributed by atoms with Crippen LogP contribution in [-0.4, -0.2) is 13.1 Å². The highest BCUT2D eigenvalue weighted by Crippen LogP contribution is 2.44. The van der Waals surface area contributed by atoms with Gasteiger partial charge in [0.15, 0.2) is 0 Å². The monoisotopic (exact) mass is 540 g/mol. The average molecular weight is 541 g/mol. The van der Waals surface area contributed by atoms with E-state index < -0.39 is 0 Å². The Bertz CT molecular complexity index is 1140. The summed E-state index contributed by atoms with van der Waals surface area (Å²) in [7, 11) is 0. The first-order valence-electron chi connectivity index (χ1n) is 15.7. The van der Waals surface area contributed by atoms with Crippen LogP contribution in [0.1, 0.15) is 152 Å². The molecule has 3 aromatic carbocycles. The van der Waals surface area contributed by atoms with Crippen molar-refractivity contribution < 1.29 is 0 Å². The summed E-state index contributed by atoms with van der Waals surface area (Å²) in [6.45, 7) is 29.3. The van der Waals surface area contributed by atoms with Gasteiger partial charge in [0.25, 0.3) is 0 Å². The van der Waals surface area contributed by atoms with E-state index in [1.54, 1.807) is 0 Å². The maximum atomic E-state index is 5.96. The molecule has 0 atom stereocenters. The minimum absolute atomic E-state index is 0.429. The average Bonchev–Trinajstić information content (AvgIpc) is 2.89. The van der Waals surface area contributed by atoms with Gasteiger partial charge in [-0.2, -0.15) is 0 Å². The Balaban J connectivity index is 2.47. The molecule has 0 aromatic heterocycles. The largest absolute Gasteiger partial charge is 0.384 e. The predicted molar refractivity (Wildman–Crippen MR) is 179 cm³/mol. The van der Waals surface area contributed by atoms with Crippen molar-refractivity contribution in [3.63, 3.8) is 0 Å². The highest BCUT2D eigenvalue weighted by molar-refractivity contribution is 5.84. The summed E-state index contributed by atoms with van der Waals surface area (Å²) in [5.74, 6) is 2.71. The summed E-state index contributed by atoms with van der Waals surface area (Å²) in [4.78, 5) is 0. The Morgan fingerprint density at radius 2 is 0.800 bits per heavy atom. The summed E-state index contributed by atoms with van der Waals surface area (Å²) >= 11 is 0. The fraction of sp³-hybridized carbons (Fsp3) is 0.526. The van der Waals surface area contributed by atoms with Gasteiger partial charge in [-0.05, 0) is 109 Å². The number of anilines is 1. The highest BCUT2D eigenvalue weighted by atomic mass is 14.9. The van der Waals surface area contributed by atoms with Gasteiger partial charge in [-0.15, -0.1) is 0 Å². The van der Waals surface area contributed by atoms with E-state index in [1.807, 2.05) is 0 Å². The molecule has 0 spiro atoms. The highest BCUT2D eigenvalue weighted by Gasteiger charge is 2.23. The van der Waals surface area contributed by atoms with Crippen LogP contribution < -0.4 is 11.1 Å². The van der Waals surface area contributed by atoms with E-state index in [4.69, 9.17) is 5.73 Å². The molecular weight excluding hydrogens is 484 g/mol. The van der Waals surface area contributed by atoms with Gasteiger partial charge in [0, 0.05) is 18.8 Å². The van der Waals surface area contributed by atoms with Crippen molar-refractivity contribution in [2.75, 3.05) is 18.4 Å². The first kappa shape index (κ1) is 31.9. The van der Waals surface area contributed by atoms with Crippen LogP contribution in [0.3, 0.4) is 0 Å². The maximum absolute atomic E-state index is 5.96. The van der Waals surface area contributed by atoms with Crippen molar-refractivity contribution in [3.8, 4) is 22.3 Å². The van der Waals surface area contributed by atoms with Crippen LogP contribution in [0, 0.1) is 0 Å². The molecule has 2 nitrogen and oxygen atoms in total. The van der Waals surface area contributed by atoms with Gasteiger partial charge in [-0.25, -0.2) is 0 Å². The molecule has 0 amide bonds. The molecule has 0 aliphatic heterocycles. The van der Waals surface area contributed by atoms with E-state index in [1.165, 1.54) is 55.6 Å². The van der Waals surface area contributed by atoms with Gasteiger partial charge in [-0.1, -0.05) is 107 Å². The van der Waals surface area contributed by atoms with E-state index in [0.29, 0.717) is 42.1 Å². The SMILES string of the molecule is CC(C)c1cc(C(C)C)c(-c2cc(NCCN)cc(-c3c(C(C)C)cc(C(C)C)cc3C(C)C)c2)c(C(C)C)c1. The molecule has 0 saturated heterocycles. The minimum atomic E-state index is 0.429. The van der Waals surface area contributed by atoms with Crippen LogP contribution in [0.5, 0.6) is 0 Å². The normalized spacial score (nSPS) is 12.2. The van der Waals surface area contributed by atoms with E-state index in [-0.39, 0.29) is 0 Å². The topological polar surface area (TPSA) is 38.0 Å². The van der Waals surface area contributed by atoms with Crippen LogP contribution in [0.25, 0.3) is 22.3 Å². The van der Waals surface area contributed by atoms with Gasteiger partial charge in [0.2, 0.25) is 0 Å². The second-order valence-corrected chi connectivity index (χ2v) is 13.6. The fourth-order valence-corrected chi connectivity index (χ4v) is 5.81. The molecule has 0 unspecified atom stereocenters. The van der Waals surface area contributed by atoms with Crippen molar-refractivity contribution in [2.45, 2.75) is 119 Å². The molecule has 0 saturated carbocycles. The van der Waals surface area contributed by atoms with E-state index in [9.17, 15) is 0 Å². The molecule has 3 aromatic rings. The second kappa shape index (κ2) is 13.4. The van der Waals surface area contributed by atoms with Gasteiger partial charge < -0.3 is 11.1 Å². The Morgan fingerprint density at radius 3 is 1.05 bits per heavy atom. The van der Waals surface area contributed by atoms with E-state index in [0.717, 1.165) is 12.2 Å². The zero-order valence-electron chi connectivity index (χ0n) is 27.5. The first-order valence-corrected chi connectivity index (χ1v) is 15.7. The Hall–Kier alpha value is -2.58. The van der Waals surface area contributed by atoms with Crippen molar-refractivity contribution in [1.29, 1.82) is 0 Å². The van der Waals surface area contributed by atoms with Gasteiger partial charge >= 0.3 is 0 Å². The molecular formula is C38H56N2. The van der Waals surface area contributed by atoms with Crippen LogP contribution >= 0.6 is 0 Å². The van der Waals surface area contributed by atoms with Crippen molar-refractivity contribution >= 4 is 5.69 Å². The number of hydrogen-bond acceptors (Lipinski definition) is 2. The van der Waals surface area contributed by atoms with Crippen LogP contribution in [0.2, 0.25) is 0 Å². The lowest BCUT2D eigenvalue weighted by Crippen LogP contribution is -2.13. The number of hydrogen-bond donors (Lipinski definition) is 2. The Kier molecular flexibility index (Phi) is 10.7. The van der Waals surface area contributed by atoms with Crippen molar-refractivity contribution in [3.05, 3.63) is 75.8 Å². The lowest BCUT2D eigenvalue weighted by atomic mass is 9.79. The molecule has 218 valence electrons. The third kappa shape index (κ3) is 7.00. The molecule has 0 radical (unpaired) electrons. The van der Waals surface area contributed by atoms with E-state index >= 15 is 0 Å². The summed E-state index contributed by atoms with van der Waals surface area (Å²) in [5.41, 5.74) is 21.2. The van der Waals surface area contributed by atoms with Crippen LogP contribution in [0.15, 0.2) is 42.5 Å². The quantitative estimate of drug-likeness (QED) is 0.254. The summed E-state index contributed by atoms with van der Waals surface area (Å²) in [5, 5.41) is 3.64. The van der Waals surface area contributed by atoms with Gasteiger partial charge in [-0.3, -0.25) is 0 Å². The second-order valence-electron chi connectivity index (χ2n) is 13.6. The third-order valence-corrected chi connectivity index (χ3v) is 8.25. The lowest BCUT2D eigenvalue weighted by Gasteiger charge is -2.26. The predicted octanol–water partition coefficient (Wildman–Crippen LogP) is 11.1. The van der Waals surface area contributed by atoms with Crippen molar-refractivity contribution in [2.24, 2.45) is 5.73 Å². The first-order chi connectivity index (χ1) is 18.8. The van der Waals surface area contributed by atoms with Gasteiger partial charge in [0.1, 0.15) is 0 Å². The molecule has 0 fully saturated rings. The van der Waals surface area contributed by atoms with Crippen LogP contribution in [0.4, 0.5) is 5.69 Å². The summed E-state index contributed by atoms with van der Waals surface area (Å²) in [6.07, 6.45) is 0. The molecule has 0 heterocycles. The molecule has 3 N–H and O–H groups in total. The fourth-order valence-electron chi connectivity index (χ4n) is 5.81. The summed E-state index contributed by atoms with van der Waals surface area (Å²) in [6, 6.07) is 17.0. The third-order valence-electron chi connectivity index (χ3n) is 8.25. The lowest BCUT2D eigenvalue weighted by molar-refractivity contribution is 0.807. The minimum Gasteiger partial charge on any atom is -0.384 e. The Labute approximate surface area is 246 Å². The van der Waals surface area contributed by atoms with E-state index in [2.05, 4.69) is 131 Å². The smallest absolute Gasteiger partial charge is 0.0353 e. The van der Waals surface area contributed by atoms with Crippen LogP contribution in [-0.2, 0) is 0 Å². The van der Waals surface area contributed by atoms with Crippen molar-refractivity contribution in [1.82, 2.24) is 0 Å². The summed E-state index contributed by atoms with van der Waals surface area (Å²) < 4.78 is 0. The molecule has 0 aliphatic carbocycles. The number of rotatable bonds is 11. The molecule has 3 rings (SSSR count). The number of benzene rings is 3. The standard InChI is InChI=1S/C38H56N2/c1-22(2)28-18-33(24(5)6)37(34(19-28)25(7)8)30-15-31(17-32(16-30)40-14-13-39)38-35(26(9)10)20-29(23(3)4)21-36(38)27(11)12/h15-27,40H,13-14,39H2,1-12H3. The number of nitrogens with two attached hydrogens (primary N) is 1. The Morgan fingerprint density at radius 1 is 0.475 bits per heavy atom. The zero-order chi connectivity index (χ0) is 29.9. The maximum Gasteiger partial charge on any atom is 0.0353 e. The zero-order valence-corrected chi connectivity index (χ0v) is 27.5. The van der Waals surface area contributed by atoms with Gasteiger partial charge in [0.05, 0.1) is 0 Å². The number of nitrogens with one attached hydrogen (secondary N) is 1. The molecule has 2 heteroatoms. The molecule has 40 heavy (non-hydrogen) atoms. The molecule has 0 aliphatic rings.